The molecular formula is C16H24F3NO. The number of benzene rings is 1. The van der Waals surface area contributed by atoms with Gasteiger partial charge in [-0.25, -0.2) is 0 Å². The van der Waals surface area contributed by atoms with Crippen LogP contribution in [-0.4, -0.2) is 19.4 Å². The van der Waals surface area contributed by atoms with Crippen LogP contribution in [0.1, 0.15) is 62.3 Å². The van der Waals surface area contributed by atoms with Crippen molar-refractivity contribution in [2.75, 3.05) is 13.2 Å². The molecular weight excluding hydrogens is 279 g/mol. The second-order valence-electron chi connectivity index (χ2n) is 5.93. The van der Waals surface area contributed by atoms with Crippen molar-refractivity contribution in [1.82, 2.24) is 0 Å². The third-order valence-electron chi connectivity index (χ3n) is 3.36. The lowest BCUT2D eigenvalue weighted by atomic mass is 9.89. The van der Waals surface area contributed by atoms with Crippen LogP contribution in [0.25, 0.3) is 0 Å². The fourth-order valence-electron chi connectivity index (χ4n) is 2.18. The topological polar surface area (TPSA) is 35.2 Å². The number of halogens is 3. The number of alkyl halides is 3. The molecule has 0 amide bonds. The van der Waals surface area contributed by atoms with Gasteiger partial charge in [-0.2, -0.15) is 13.2 Å². The molecule has 0 bridgehead atoms. The Morgan fingerprint density at radius 3 is 2.14 bits per heavy atom. The van der Waals surface area contributed by atoms with Crippen LogP contribution < -0.4 is 5.73 Å². The highest BCUT2D eigenvalue weighted by Gasteiger charge is 2.28. The van der Waals surface area contributed by atoms with Crippen molar-refractivity contribution in [2.24, 2.45) is 5.73 Å². The molecule has 0 saturated heterocycles. The molecule has 2 N–H and O–H groups in total. The normalized spacial score (nSPS) is 14.0. The zero-order chi connectivity index (χ0) is 16.2. The Bertz CT molecular complexity index is 455. The van der Waals surface area contributed by atoms with Crippen molar-refractivity contribution in [3.8, 4) is 0 Å². The summed E-state index contributed by atoms with van der Waals surface area (Å²) in [7, 11) is 0. The Balaban J connectivity index is 2.85. The van der Waals surface area contributed by atoms with Crippen molar-refractivity contribution >= 4 is 0 Å². The third kappa shape index (κ3) is 5.67. The Morgan fingerprint density at radius 1 is 1.05 bits per heavy atom. The van der Waals surface area contributed by atoms with Crippen LogP contribution in [0.15, 0.2) is 18.2 Å². The van der Waals surface area contributed by atoms with Crippen molar-refractivity contribution in [1.29, 1.82) is 0 Å². The van der Waals surface area contributed by atoms with E-state index < -0.39 is 18.8 Å². The molecule has 1 unspecified atom stereocenters. The summed E-state index contributed by atoms with van der Waals surface area (Å²) in [4.78, 5) is 0. The zero-order valence-corrected chi connectivity index (χ0v) is 13.0. The molecule has 0 aliphatic rings. The number of hydrogen-bond donors (Lipinski definition) is 1. The minimum Gasteiger partial charge on any atom is -0.370 e. The molecule has 0 fully saturated rings. The summed E-state index contributed by atoms with van der Waals surface area (Å²) in [6, 6.07) is 5.43. The third-order valence-corrected chi connectivity index (χ3v) is 3.36. The first kappa shape index (κ1) is 18.0. The monoisotopic (exact) mass is 303 g/mol. The number of nitrogens with two attached hydrogens (primary N) is 1. The van der Waals surface area contributed by atoms with E-state index in [0.717, 1.165) is 11.1 Å². The van der Waals surface area contributed by atoms with Gasteiger partial charge in [0.05, 0.1) is 12.6 Å². The molecule has 0 radical (unpaired) electrons. The summed E-state index contributed by atoms with van der Waals surface area (Å²) < 4.78 is 41.0. The summed E-state index contributed by atoms with van der Waals surface area (Å²) in [5, 5.41) is 0. The van der Waals surface area contributed by atoms with Gasteiger partial charge in [0.25, 0.3) is 0 Å². The van der Waals surface area contributed by atoms with E-state index >= 15 is 0 Å². The highest BCUT2D eigenvalue weighted by molar-refractivity contribution is 5.37. The number of ether oxygens (including phenoxy) is 1. The van der Waals surface area contributed by atoms with E-state index in [1.54, 1.807) is 0 Å². The molecule has 1 aromatic rings. The highest BCUT2D eigenvalue weighted by atomic mass is 19.4. The van der Waals surface area contributed by atoms with Crippen LogP contribution in [0.5, 0.6) is 0 Å². The minimum absolute atomic E-state index is 0.139. The van der Waals surface area contributed by atoms with Gasteiger partial charge in [0.2, 0.25) is 0 Å². The van der Waals surface area contributed by atoms with Gasteiger partial charge < -0.3 is 10.5 Å². The molecule has 0 spiro atoms. The van der Waals surface area contributed by atoms with Gasteiger partial charge in [-0.15, -0.1) is 0 Å². The average molecular weight is 303 g/mol. The first-order chi connectivity index (χ1) is 9.61. The SMILES string of the molecule is CC(C)c1ccc(C(N)COCC(F)(F)F)c(C(C)C)c1. The van der Waals surface area contributed by atoms with Crippen LogP contribution >= 0.6 is 0 Å². The van der Waals surface area contributed by atoms with Gasteiger partial charge >= 0.3 is 6.18 Å². The number of rotatable bonds is 6. The summed E-state index contributed by atoms with van der Waals surface area (Å²) >= 11 is 0. The van der Waals surface area contributed by atoms with Crippen molar-refractivity contribution in [3.05, 3.63) is 34.9 Å². The summed E-state index contributed by atoms with van der Waals surface area (Å²) in [5.41, 5.74) is 9.13. The van der Waals surface area contributed by atoms with Crippen molar-refractivity contribution in [3.63, 3.8) is 0 Å². The second kappa shape index (κ2) is 7.27. The predicted octanol–water partition coefficient (Wildman–Crippen LogP) is 4.51. The van der Waals surface area contributed by atoms with Gasteiger partial charge in [-0.3, -0.25) is 0 Å². The minimum atomic E-state index is -4.32. The predicted molar refractivity (Wildman–Crippen MR) is 78.4 cm³/mol. The Labute approximate surface area is 124 Å². The fraction of sp³-hybridized carbons (Fsp3) is 0.625. The molecule has 1 rings (SSSR count). The maximum absolute atomic E-state index is 12.1. The molecule has 5 heteroatoms. The first-order valence-corrected chi connectivity index (χ1v) is 7.15. The smallest absolute Gasteiger partial charge is 0.370 e. The van der Waals surface area contributed by atoms with E-state index in [2.05, 4.69) is 24.7 Å². The van der Waals surface area contributed by atoms with Gasteiger partial charge in [-0.1, -0.05) is 45.9 Å². The van der Waals surface area contributed by atoms with Crippen molar-refractivity contribution in [2.45, 2.75) is 51.7 Å². The van der Waals surface area contributed by atoms with Gasteiger partial charge in [0.15, 0.2) is 0 Å². The maximum Gasteiger partial charge on any atom is 0.411 e. The molecule has 0 aromatic heterocycles. The Kier molecular flexibility index (Phi) is 6.23. The lowest BCUT2D eigenvalue weighted by Gasteiger charge is -2.21. The summed E-state index contributed by atoms with van der Waals surface area (Å²) in [5.74, 6) is 0.654. The van der Waals surface area contributed by atoms with Crippen LogP contribution in [0, 0.1) is 0 Å². The van der Waals surface area contributed by atoms with E-state index in [1.165, 1.54) is 5.56 Å². The fourth-order valence-corrected chi connectivity index (χ4v) is 2.18. The molecule has 1 atom stereocenters. The zero-order valence-electron chi connectivity index (χ0n) is 13.0. The highest BCUT2D eigenvalue weighted by Crippen LogP contribution is 2.28. The van der Waals surface area contributed by atoms with Gasteiger partial charge in [0.1, 0.15) is 6.61 Å². The van der Waals surface area contributed by atoms with Crippen LogP contribution in [-0.2, 0) is 4.74 Å². The summed E-state index contributed by atoms with van der Waals surface area (Å²) in [6.07, 6.45) is -4.32. The molecule has 0 heterocycles. The van der Waals surface area contributed by atoms with Gasteiger partial charge in [-0.05, 0) is 28.5 Å². The number of hydrogen-bond acceptors (Lipinski definition) is 2. The average Bonchev–Trinajstić information content (AvgIpc) is 2.36. The van der Waals surface area contributed by atoms with Crippen LogP contribution in [0.3, 0.4) is 0 Å². The molecule has 2 nitrogen and oxygen atoms in total. The second-order valence-corrected chi connectivity index (χ2v) is 5.93. The van der Waals surface area contributed by atoms with E-state index in [0.29, 0.717) is 5.92 Å². The Morgan fingerprint density at radius 2 is 1.67 bits per heavy atom. The molecule has 1 aromatic carbocycles. The van der Waals surface area contributed by atoms with Crippen LogP contribution in [0.4, 0.5) is 13.2 Å². The largest absolute Gasteiger partial charge is 0.411 e. The quantitative estimate of drug-likeness (QED) is 0.839. The van der Waals surface area contributed by atoms with E-state index in [9.17, 15) is 13.2 Å². The first-order valence-electron chi connectivity index (χ1n) is 7.15. The molecule has 120 valence electrons. The van der Waals surface area contributed by atoms with E-state index in [-0.39, 0.29) is 12.5 Å². The van der Waals surface area contributed by atoms with E-state index in [1.807, 2.05) is 26.0 Å². The lowest BCUT2D eigenvalue weighted by molar-refractivity contribution is -0.174. The molecule has 0 aliphatic heterocycles. The molecule has 0 saturated carbocycles. The van der Waals surface area contributed by atoms with Gasteiger partial charge in [0, 0.05) is 0 Å². The summed E-state index contributed by atoms with van der Waals surface area (Å²) in [6.45, 7) is 6.90. The standard InChI is InChI=1S/C16H24F3NO/c1-10(2)12-5-6-13(14(7-12)11(3)4)15(20)8-21-9-16(17,18)19/h5-7,10-11,15H,8-9,20H2,1-4H3. The maximum atomic E-state index is 12.1. The van der Waals surface area contributed by atoms with Crippen LogP contribution in [0.2, 0.25) is 0 Å². The van der Waals surface area contributed by atoms with Crippen molar-refractivity contribution < 1.29 is 17.9 Å². The molecule has 21 heavy (non-hydrogen) atoms. The van der Waals surface area contributed by atoms with E-state index in [4.69, 9.17) is 5.73 Å². The molecule has 0 aliphatic carbocycles. The lowest BCUT2D eigenvalue weighted by Crippen LogP contribution is -2.24. The Hall–Kier alpha value is -1.07.